The fourth-order valence-corrected chi connectivity index (χ4v) is 6.40. The first kappa shape index (κ1) is 26.3. The number of methoxy groups -OCH3 is 1. The molecule has 1 aliphatic carbocycles. The Morgan fingerprint density at radius 3 is 1.44 bits per heavy atom. The van der Waals surface area contributed by atoms with Gasteiger partial charge in [-0.2, -0.15) is 0 Å². The number of ether oxygens (including phenoxy) is 1. The van der Waals surface area contributed by atoms with E-state index in [2.05, 4.69) is 53.8 Å². The number of fused-ring (bicyclic) bond motifs is 3. The molecule has 0 unspecified atom stereocenters. The molecule has 0 aliphatic heterocycles. The molecule has 0 fully saturated rings. The van der Waals surface area contributed by atoms with Crippen LogP contribution in [0.5, 0.6) is 0 Å². The Morgan fingerprint density at radius 2 is 1.02 bits per heavy atom. The van der Waals surface area contributed by atoms with Gasteiger partial charge in [0.25, 0.3) is 0 Å². The molecular formula is C37H31NO3. The minimum Gasteiger partial charge on any atom is -0.467 e. The molecule has 4 nitrogen and oxygen atoms in total. The highest BCUT2D eigenvalue weighted by Gasteiger charge is 2.42. The molecule has 202 valence electrons. The van der Waals surface area contributed by atoms with E-state index in [1.165, 1.54) is 7.11 Å². The summed E-state index contributed by atoms with van der Waals surface area (Å²) < 4.78 is 5.29. The molecule has 0 bridgehead atoms. The maximum atomic E-state index is 14.3. The summed E-state index contributed by atoms with van der Waals surface area (Å²) in [7, 11) is 1.37. The lowest BCUT2D eigenvalue weighted by molar-refractivity contribution is -0.145. The van der Waals surface area contributed by atoms with E-state index in [1.807, 2.05) is 91.0 Å². The highest BCUT2D eigenvalue weighted by atomic mass is 16.5. The number of benzene rings is 5. The van der Waals surface area contributed by atoms with Gasteiger partial charge in [-0.25, -0.2) is 4.79 Å². The molecule has 5 aromatic rings. The first-order valence-electron chi connectivity index (χ1n) is 13.9. The van der Waals surface area contributed by atoms with Crippen molar-refractivity contribution in [3.8, 4) is 11.1 Å². The first-order valence-corrected chi connectivity index (χ1v) is 13.9. The molecule has 4 heteroatoms. The van der Waals surface area contributed by atoms with Crippen LogP contribution < -0.4 is 5.32 Å². The van der Waals surface area contributed by atoms with E-state index in [-0.39, 0.29) is 18.2 Å². The molecule has 1 atom stereocenters. The van der Waals surface area contributed by atoms with Crippen LogP contribution >= 0.6 is 0 Å². The van der Waals surface area contributed by atoms with Crippen molar-refractivity contribution in [2.45, 2.75) is 23.8 Å². The smallest absolute Gasteiger partial charge is 0.329 e. The summed E-state index contributed by atoms with van der Waals surface area (Å²) >= 11 is 0. The molecule has 0 aromatic heterocycles. The Kier molecular flexibility index (Phi) is 7.22. The summed E-state index contributed by atoms with van der Waals surface area (Å²) in [5.41, 5.74) is 6.37. The highest BCUT2D eigenvalue weighted by Crippen LogP contribution is 2.47. The van der Waals surface area contributed by atoms with Crippen LogP contribution in [0, 0.1) is 0 Å². The van der Waals surface area contributed by atoms with Crippen LogP contribution in [-0.4, -0.2) is 25.0 Å². The van der Waals surface area contributed by atoms with Crippen molar-refractivity contribution in [2.75, 3.05) is 7.11 Å². The number of hydrogen-bond acceptors (Lipinski definition) is 3. The third kappa shape index (κ3) is 4.72. The summed E-state index contributed by atoms with van der Waals surface area (Å²) in [5.74, 6) is -1.07. The van der Waals surface area contributed by atoms with E-state index in [0.29, 0.717) is 0 Å². The minimum absolute atomic E-state index is 0.106. The van der Waals surface area contributed by atoms with Crippen molar-refractivity contribution in [1.29, 1.82) is 0 Å². The number of carbonyl (C=O) groups is 2. The second-order valence-electron chi connectivity index (χ2n) is 10.4. The maximum Gasteiger partial charge on any atom is 0.329 e. The molecule has 1 amide bonds. The summed E-state index contributed by atoms with van der Waals surface area (Å²) in [4.78, 5) is 27.7. The van der Waals surface area contributed by atoms with Crippen LogP contribution in [0.2, 0.25) is 0 Å². The third-order valence-electron chi connectivity index (χ3n) is 8.21. The molecular weight excluding hydrogens is 506 g/mol. The molecule has 0 saturated heterocycles. The predicted octanol–water partition coefficient (Wildman–Crippen LogP) is 6.88. The Balaban J connectivity index is 1.44. The molecule has 1 aliphatic rings. The topological polar surface area (TPSA) is 55.4 Å². The van der Waals surface area contributed by atoms with E-state index < -0.39 is 17.4 Å². The van der Waals surface area contributed by atoms with Gasteiger partial charge in [0.05, 0.1) is 12.5 Å². The lowest BCUT2D eigenvalue weighted by Crippen LogP contribution is -2.47. The fourth-order valence-electron chi connectivity index (χ4n) is 6.40. The van der Waals surface area contributed by atoms with Crippen LogP contribution in [0.25, 0.3) is 11.1 Å². The summed E-state index contributed by atoms with van der Waals surface area (Å²) in [5, 5.41) is 3.14. The van der Waals surface area contributed by atoms with Gasteiger partial charge < -0.3 is 10.1 Å². The van der Waals surface area contributed by atoms with E-state index in [9.17, 15) is 9.59 Å². The third-order valence-corrected chi connectivity index (χ3v) is 8.21. The SMILES string of the molecule is COC(=O)[C@H](NC(=O)CC(c1ccccc1)(c1ccccc1)c1ccccc1)C1c2ccccc2-c2ccccc21. The molecule has 0 saturated carbocycles. The first-order chi connectivity index (χ1) is 20.1. The van der Waals surface area contributed by atoms with Crippen LogP contribution in [-0.2, 0) is 19.7 Å². The molecule has 0 radical (unpaired) electrons. The van der Waals surface area contributed by atoms with Gasteiger partial charge in [0.2, 0.25) is 5.91 Å². The van der Waals surface area contributed by atoms with Crippen molar-refractivity contribution >= 4 is 11.9 Å². The molecule has 6 rings (SSSR count). The Hall–Kier alpha value is -4.96. The Labute approximate surface area is 240 Å². The normalized spacial score (nSPS) is 13.1. The zero-order valence-corrected chi connectivity index (χ0v) is 22.9. The molecule has 5 aromatic carbocycles. The number of carbonyl (C=O) groups excluding carboxylic acids is 2. The summed E-state index contributed by atoms with van der Waals surface area (Å²) in [6.45, 7) is 0. The van der Waals surface area contributed by atoms with Gasteiger partial charge in [0.1, 0.15) is 6.04 Å². The van der Waals surface area contributed by atoms with E-state index >= 15 is 0 Å². The van der Waals surface area contributed by atoms with Crippen LogP contribution in [0.15, 0.2) is 140 Å². The quantitative estimate of drug-likeness (QED) is 0.173. The molecule has 0 spiro atoms. The van der Waals surface area contributed by atoms with Gasteiger partial charge in [0.15, 0.2) is 0 Å². The second kappa shape index (κ2) is 11.3. The van der Waals surface area contributed by atoms with E-state index in [0.717, 1.165) is 38.9 Å². The van der Waals surface area contributed by atoms with Gasteiger partial charge in [-0.05, 0) is 38.9 Å². The summed E-state index contributed by atoms with van der Waals surface area (Å²) in [6.07, 6.45) is 0.106. The fraction of sp³-hybridized carbons (Fsp3) is 0.135. The largest absolute Gasteiger partial charge is 0.467 e. The minimum atomic E-state index is -0.891. The number of amides is 1. The number of rotatable bonds is 8. The molecule has 0 heterocycles. The lowest BCUT2D eigenvalue weighted by Gasteiger charge is -2.36. The van der Waals surface area contributed by atoms with Crippen LogP contribution in [0.3, 0.4) is 0 Å². The van der Waals surface area contributed by atoms with Gasteiger partial charge in [0, 0.05) is 12.3 Å². The van der Waals surface area contributed by atoms with Crippen molar-refractivity contribution in [1.82, 2.24) is 5.32 Å². The number of hydrogen-bond donors (Lipinski definition) is 1. The van der Waals surface area contributed by atoms with Crippen molar-refractivity contribution < 1.29 is 14.3 Å². The second-order valence-corrected chi connectivity index (χ2v) is 10.4. The average Bonchev–Trinajstić information content (AvgIpc) is 3.37. The van der Waals surface area contributed by atoms with Gasteiger partial charge in [-0.1, -0.05) is 140 Å². The van der Waals surface area contributed by atoms with Crippen molar-refractivity contribution in [2.24, 2.45) is 0 Å². The van der Waals surface area contributed by atoms with E-state index in [1.54, 1.807) is 0 Å². The maximum absolute atomic E-state index is 14.3. The number of nitrogens with one attached hydrogen (secondary N) is 1. The zero-order valence-electron chi connectivity index (χ0n) is 22.9. The van der Waals surface area contributed by atoms with E-state index in [4.69, 9.17) is 4.74 Å². The molecule has 41 heavy (non-hydrogen) atoms. The Morgan fingerprint density at radius 1 is 0.634 bits per heavy atom. The van der Waals surface area contributed by atoms with Crippen LogP contribution in [0.1, 0.15) is 40.2 Å². The molecule has 1 N–H and O–H groups in total. The Bertz CT molecular complexity index is 1520. The van der Waals surface area contributed by atoms with Gasteiger partial charge >= 0.3 is 5.97 Å². The highest BCUT2D eigenvalue weighted by molar-refractivity contribution is 5.90. The predicted molar refractivity (Wildman–Crippen MR) is 161 cm³/mol. The van der Waals surface area contributed by atoms with Crippen LogP contribution in [0.4, 0.5) is 0 Å². The monoisotopic (exact) mass is 537 g/mol. The van der Waals surface area contributed by atoms with Gasteiger partial charge in [-0.15, -0.1) is 0 Å². The summed E-state index contributed by atoms with van der Waals surface area (Å²) in [6, 6.07) is 45.5. The number of esters is 1. The lowest BCUT2D eigenvalue weighted by atomic mass is 9.67. The van der Waals surface area contributed by atoms with Crippen molar-refractivity contribution in [3.05, 3.63) is 167 Å². The van der Waals surface area contributed by atoms with Gasteiger partial charge in [-0.3, -0.25) is 4.79 Å². The van der Waals surface area contributed by atoms with Crippen molar-refractivity contribution in [3.63, 3.8) is 0 Å². The standard InChI is InChI=1S/C37H31NO3/c1-41-36(40)35(34-31-23-13-11-21-29(31)30-22-12-14-24-32(30)34)38-33(39)25-37(26-15-5-2-6-16-26,27-17-7-3-8-18-27)28-19-9-4-10-20-28/h2-24,34-35H,25H2,1H3,(H,38,39)/t35-/m1/s1. The average molecular weight is 538 g/mol. The zero-order chi connectivity index (χ0) is 28.2.